The van der Waals surface area contributed by atoms with Gasteiger partial charge in [0, 0.05) is 5.56 Å². The molecule has 0 N–H and O–H groups in total. The molecular formula is C18H27NO. The average Bonchev–Trinajstić information content (AvgIpc) is 3.02. The summed E-state index contributed by atoms with van der Waals surface area (Å²) in [5, 5.41) is 0. The maximum atomic E-state index is 12.8. The molecule has 0 radical (unpaired) electrons. The molecule has 20 heavy (non-hydrogen) atoms. The summed E-state index contributed by atoms with van der Waals surface area (Å²) in [4.78, 5) is 15.2. The molecule has 1 saturated heterocycles. The number of unbranched alkanes of at least 4 members (excludes halogenated alkanes) is 3. The maximum Gasteiger partial charge on any atom is 0.179 e. The van der Waals surface area contributed by atoms with E-state index in [1.54, 1.807) is 0 Å². The predicted molar refractivity (Wildman–Crippen MR) is 84.1 cm³/mol. The zero-order chi connectivity index (χ0) is 14.2. The van der Waals surface area contributed by atoms with Gasteiger partial charge < -0.3 is 0 Å². The van der Waals surface area contributed by atoms with Crippen LogP contribution in [0, 0.1) is 0 Å². The molecule has 0 amide bonds. The molecule has 2 nitrogen and oxygen atoms in total. The fraction of sp³-hybridized carbons (Fsp3) is 0.611. The summed E-state index contributed by atoms with van der Waals surface area (Å²) in [6.45, 7) is 4.42. The van der Waals surface area contributed by atoms with Crippen molar-refractivity contribution in [3.05, 3.63) is 35.9 Å². The molecule has 0 aromatic heterocycles. The Kier molecular flexibility index (Phi) is 6.25. The largest absolute Gasteiger partial charge is 0.293 e. The highest BCUT2D eigenvalue weighted by atomic mass is 16.1. The minimum Gasteiger partial charge on any atom is -0.293 e. The van der Waals surface area contributed by atoms with Crippen LogP contribution >= 0.6 is 0 Å². The zero-order valence-corrected chi connectivity index (χ0v) is 12.7. The van der Waals surface area contributed by atoms with Crippen LogP contribution in [0.3, 0.4) is 0 Å². The van der Waals surface area contributed by atoms with Crippen molar-refractivity contribution in [2.24, 2.45) is 0 Å². The molecule has 1 aromatic carbocycles. The number of carbonyl (C=O) groups is 1. The number of likely N-dealkylation sites (tertiary alicyclic amines) is 1. The Labute approximate surface area is 123 Å². The van der Waals surface area contributed by atoms with E-state index in [1.807, 2.05) is 30.3 Å². The molecule has 1 heterocycles. The first-order valence-electron chi connectivity index (χ1n) is 8.16. The van der Waals surface area contributed by atoms with Crippen LogP contribution in [0.5, 0.6) is 0 Å². The van der Waals surface area contributed by atoms with Crippen molar-refractivity contribution >= 4 is 5.78 Å². The minimum absolute atomic E-state index is 0.108. The lowest BCUT2D eigenvalue weighted by Crippen LogP contribution is -2.39. The van der Waals surface area contributed by atoms with Gasteiger partial charge in [-0.3, -0.25) is 9.69 Å². The van der Waals surface area contributed by atoms with E-state index in [-0.39, 0.29) is 6.04 Å². The van der Waals surface area contributed by atoms with E-state index in [2.05, 4.69) is 11.8 Å². The Bertz CT molecular complexity index is 395. The van der Waals surface area contributed by atoms with Crippen LogP contribution in [-0.4, -0.2) is 29.8 Å². The number of rotatable bonds is 8. The van der Waals surface area contributed by atoms with Crippen molar-refractivity contribution in [3.8, 4) is 0 Å². The van der Waals surface area contributed by atoms with E-state index < -0.39 is 0 Å². The molecule has 1 aliphatic rings. The molecule has 0 spiro atoms. The van der Waals surface area contributed by atoms with Gasteiger partial charge >= 0.3 is 0 Å². The standard InChI is InChI=1S/C18H27NO/c1-2-3-4-8-13-17(19-14-9-10-15-19)18(20)16-11-6-5-7-12-16/h5-7,11-12,17H,2-4,8-10,13-15H2,1H3/t17-/m1/s1. The molecule has 0 aliphatic carbocycles. The predicted octanol–water partition coefficient (Wildman–Crippen LogP) is 4.30. The molecule has 1 aromatic rings. The third kappa shape index (κ3) is 4.17. The molecule has 110 valence electrons. The van der Waals surface area contributed by atoms with Crippen LogP contribution < -0.4 is 0 Å². The van der Waals surface area contributed by atoms with E-state index >= 15 is 0 Å². The molecule has 0 unspecified atom stereocenters. The van der Waals surface area contributed by atoms with Crippen molar-refractivity contribution in [3.63, 3.8) is 0 Å². The number of ketones is 1. The summed E-state index contributed by atoms with van der Waals surface area (Å²) < 4.78 is 0. The van der Waals surface area contributed by atoms with Gasteiger partial charge in [0.05, 0.1) is 6.04 Å². The SMILES string of the molecule is CCCCCC[C@H](C(=O)c1ccccc1)N1CCCC1. The molecule has 2 rings (SSSR count). The normalized spacial score (nSPS) is 17.2. The maximum absolute atomic E-state index is 12.8. The molecular weight excluding hydrogens is 246 g/mol. The monoisotopic (exact) mass is 273 g/mol. The average molecular weight is 273 g/mol. The van der Waals surface area contributed by atoms with Gasteiger partial charge in [0.25, 0.3) is 0 Å². The Morgan fingerprint density at radius 1 is 1.10 bits per heavy atom. The van der Waals surface area contributed by atoms with Crippen LogP contribution in [0.15, 0.2) is 30.3 Å². The molecule has 2 heteroatoms. The fourth-order valence-electron chi connectivity index (χ4n) is 3.09. The van der Waals surface area contributed by atoms with Gasteiger partial charge in [-0.15, -0.1) is 0 Å². The van der Waals surface area contributed by atoms with E-state index in [9.17, 15) is 4.79 Å². The molecule has 0 bridgehead atoms. The third-order valence-corrected chi connectivity index (χ3v) is 4.27. The summed E-state index contributed by atoms with van der Waals surface area (Å²) >= 11 is 0. The number of carbonyl (C=O) groups excluding carboxylic acids is 1. The minimum atomic E-state index is 0.108. The van der Waals surface area contributed by atoms with Crippen molar-refractivity contribution < 1.29 is 4.79 Å². The van der Waals surface area contributed by atoms with E-state index in [0.717, 1.165) is 25.1 Å². The smallest absolute Gasteiger partial charge is 0.179 e. The van der Waals surface area contributed by atoms with Crippen LogP contribution in [-0.2, 0) is 0 Å². The quantitative estimate of drug-likeness (QED) is 0.520. The zero-order valence-electron chi connectivity index (χ0n) is 12.7. The van der Waals surface area contributed by atoms with Gasteiger partial charge in [-0.25, -0.2) is 0 Å². The topological polar surface area (TPSA) is 20.3 Å². The van der Waals surface area contributed by atoms with Gasteiger partial charge in [0.15, 0.2) is 5.78 Å². The fourth-order valence-corrected chi connectivity index (χ4v) is 3.09. The van der Waals surface area contributed by atoms with E-state index in [4.69, 9.17) is 0 Å². The molecule has 1 fully saturated rings. The number of benzene rings is 1. The Hall–Kier alpha value is -1.15. The highest BCUT2D eigenvalue weighted by Gasteiger charge is 2.28. The molecule has 1 atom stereocenters. The highest BCUT2D eigenvalue weighted by Crippen LogP contribution is 2.20. The Morgan fingerprint density at radius 2 is 1.80 bits per heavy atom. The second kappa shape index (κ2) is 8.21. The lowest BCUT2D eigenvalue weighted by molar-refractivity contribution is 0.0834. The summed E-state index contributed by atoms with van der Waals surface area (Å²) in [6.07, 6.45) is 8.47. The number of nitrogens with zero attached hydrogens (tertiary/aromatic N) is 1. The Morgan fingerprint density at radius 3 is 2.45 bits per heavy atom. The lowest BCUT2D eigenvalue weighted by atomic mass is 9.97. The van der Waals surface area contributed by atoms with Crippen LogP contribution in [0.2, 0.25) is 0 Å². The molecule has 1 aliphatic heterocycles. The van der Waals surface area contributed by atoms with Gasteiger partial charge in [-0.1, -0.05) is 62.9 Å². The second-order valence-electron chi connectivity index (χ2n) is 5.84. The van der Waals surface area contributed by atoms with Gasteiger partial charge in [-0.05, 0) is 32.4 Å². The van der Waals surface area contributed by atoms with Crippen molar-refractivity contribution in [2.75, 3.05) is 13.1 Å². The second-order valence-corrected chi connectivity index (χ2v) is 5.84. The number of hydrogen-bond donors (Lipinski definition) is 0. The summed E-state index contributed by atoms with van der Waals surface area (Å²) in [7, 11) is 0. The van der Waals surface area contributed by atoms with Crippen molar-refractivity contribution in [2.45, 2.75) is 57.9 Å². The van der Waals surface area contributed by atoms with E-state index in [0.29, 0.717) is 5.78 Å². The first-order chi connectivity index (χ1) is 9.83. The first kappa shape index (κ1) is 15.2. The highest BCUT2D eigenvalue weighted by molar-refractivity contribution is 6.00. The summed E-state index contributed by atoms with van der Waals surface area (Å²) in [6, 6.07) is 9.92. The van der Waals surface area contributed by atoms with Crippen molar-refractivity contribution in [1.82, 2.24) is 4.90 Å². The number of Topliss-reactive ketones (excluding diaryl/α,β-unsaturated/α-hetero) is 1. The van der Waals surface area contributed by atoms with Crippen LogP contribution in [0.1, 0.15) is 62.2 Å². The number of hydrogen-bond acceptors (Lipinski definition) is 2. The van der Waals surface area contributed by atoms with Gasteiger partial charge in [-0.2, -0.15) is 0 Å². The molecule has 0 saturated carbocycles. The summed E-state index contributed by atoms with van der Waals surface area (Å²) in [5.41, 5.74) is 0.875. The Balaban J connectivity index is 1.99. The van der Waals surface area contributed by atoms with Gasteiger partial charge in [0.1, 0.15) is 0 Å². The first-order valence-corrected chi connectivity index (χ1v) is 8.16. The third-order valence-electron chi connectivity index (χ3n) is 4.27. The lowest BCUT2D eigenvalue weighted by Gasteiger charge is -2.26. The van der Waals surface area contributed by atoms with Crippen LogP contribution in [0.4, 0.5) is 0 Å². The van der Waals surface area contributed by atoms with E-state index in [1.165, 1.54) is 38.5 Å². The van der Waals surface area contributed by atoms with Crippen molar-refractivity contribution in [1.29, 1.82) is 0 Å². The van der Waals surface area contributed by atoms with Gasteiger partial charge in [0.2, 0.25) is 0 Å². The summed E-state index contributed by atoms with van der Waals surface area (Å²) in [5.74, 6) is 0.323. The van der Waals surface area contributed by atoms with Crippen LogP contribution in [0.25, 0.3) is 0 Å².